The summed E-state index contributed by atoms with van der Waals surface area (Å²) in [5.74, 6) is 1.88. The summed E-state index contributed by atoms with van der Waals surface area (Å²) in [6.07, 6.45) is 0.768. The first-order chi connectivity index (χ1) is 10.2. The van der Waals surface area contributed by atoms with E-state index < -0.39 is 0 Å². The zero-order valence-electron chi connectivity index (χ0n) is 11.5. The molecule has 4 nitrogen and oxygen atoms in total. The van der Waals surface area contributed by atoms with Crippen molar-refractivity contribution in [1.29, 1.82) is 0 Å². The highest BCUT2D eigenvalue weighted by Gasteiger charge is 2.05. The Balaban J connectivity index is 1.89. The lowest BCUT2D eigenvalue weighted by atomic mass is 10.2. The molecule has 2 aromatic rings. The van der Waals surface area contributed by atoms with Gasteiger partial charge in [-0.1, -0.05) is 22.0 Å². The van der Waals surface area contributed by atoms with Crippen LogP contribution in [0.25, 0.3) is 0 Å². The molecule has 0 saturated carbocycles. The summed E-state index contributed by atoms with van der Waals surface area (Å²) < 4.78 is 17.3. The topological polar surface area (TPSA) is 44.8 Å². The summed E-state index contributed by atoms with van der Waals surface area (Å²) in [7, 11) is 1.56. The molecule has 0 fully saturated rings. The Kier molecular flexibility index (Phi) is 5.63. The number of benzene rings is 2. The van der Waals surface area contributed by atoms with Crippen LogP contribution in [0, 0.1) is 0 Å². The van der Waals surface area contributed by atoms with Gasteiger partial charge in [0, 0.05) is 10.0 Å². The van der Waals surface area contributed by atoms with Crippen LogP contribution in [0.2, 0.25) is 0 Å². The Morgan fingerprint density at radius 2 is 1.86 bits per heavy atom. The third-order valence-corrected chi connectivity index (χ3v) is 3.22. The Morgan fingerprint density at radius 3 is 2.57 bits per heavy atom. The van der Waals surface area contributed by atoms with Gasteiger partial charge in [-0.2, -0.15) is 0 Å². The number of hydrogen-bond donors (Lipinski definition) is 0. The van der Waals surface area contributed by atoms with Crippen molar-refractivity contribution in [2.45, 2.75) is 0 Å². The molecule has 110 valence electrons. The first-order valence-electron chi connectivity index (χ1n) is 6.37. The second-order valence-electron chi connectivity index (χ2n) is 4.18. The summed E-state index contributed by atoms with van der Waals surface area (Å²) in [4.78, 5) is 10.8. The van der Waals surface area contributed by atoms with Crippen molar-refractivity contribution >= 4 is 22.2 Å². The largest absolute Gasteiger partial charge is 0.493 e. The first-order valence-corrected chi connectivity index (χ1v) is 7.16. The second-order valence-corrected chi connectivity index (χ2v) is 5.10. The van der Waals surface area contributed by atoms with Gasteiger partial charge in [-0.3, -0.25) is 4.79 Å². The minimum absolute atomic E-state index is 0.352. The average Bonchev–Trinajstić information content (AvgIpc) is 2.51. The smallest absolute Gasteiger partial charge is 0.162 e. The fourth-order valence-electron chi connectivity index (χ4n) is 1.75. The quantitative estimate of drug-likeness (QED) is 0.563. The van der Waals surface area contributed by atoms with Crippen LogP contribution in [0.4, 0.5) is 0 Å². The van der Waals surface area contributed by atoms with E-state index in [1.165, 1.54) is 0 Å². The highest BCUT2D eigenvalue weighted by molar-refractivity contribution is 9.10. The average molecular weight is 351 g/mol. The molecular weight excluding hydrogens is 336 g/mol. The molecule has 0 amide bonds. The third-order valence-electron chi connectivity index (χ3n) is 2.73. The van der Waals surface area contributed by atoms with Gasteiger partial charge in [0.25, 0.3) is 0 Å². The summed E-state index contributed by atoms with van der Waals surface area (Å²) in [6.45, 7) is 0.746. The predicted molar refractivity (Wildman–Crippen MR) is 83.5 cm³/mol. The molecule has 2 aromatic carbocycles. The van der Waals surface area contributed by atoms with E-state index in [0.717, 1.165) is 16.5 Å². The van der Waals surface area contributed by atoms with Crippen LogP contribution in [0.3, 0.4) is 0 Å². The minimum atomic E-state index is 0.352. The number of ether oxygens (including phenoxy) is 3. The van der Waals surface area contributed by atoms with E-state index in [-0.39, 0.29) is 0 Å². The summed E-state index contributed by atoms with van der Waals surface area (Å²) >= 11 is 3.38. The van der Waals surface area contributed by atoms with Gasteiger partial charge in [0.2, 0.25) is 0 Å². The molecule has 0 unspecified atom stereocenters. The zero-order chi connectivity index (χ0) is 15.1. The lowest BCUT2D eigenvalue weighted by molar-refractivity contribution is 0.112. The number of carbonyl (C=O) groups is 1. The van der Waals surface area contributed by atoms with Crippen LogP contribution >= 0.6 is 15.9 Å². The highest BCUT2D eigenvalue weighted by atomic mass is 79.9. The van der Waals surface area contributed by atoms with E-state index in [1.807, 2.05) is 24.3 Å². The molecule has 0 aliphatic rings. The van der Waals surface area contributed by atoms with Gasteiger partial charge in [0.1, 0.15) is 25.2 Å². The molecule has 0 spiro atoms. The van der Waals surface area contributed by atoms with E-state index in [4.69, 9.17) is 14.2 Å². The van der Waals surface area contributed by atoms with Gasteiger partial charge in [0.05, 0.1) is 7.11 Å². The van der Waals surface area contributed by atoms with Crippen molar-refractivity contribution < 1.29 is 19.0 Å². The maximum atomic E-state index is 10.8. The second kappa shape index (κ2) is 7.69. The molecule has 0 bridgehead atoms. The van der Waals surface area contributed by atoms with E-state index in [1.54, 1.807) is 25.3 Å². The monoisotopic (exact) mass is 350 g/mol. The van der Waals surface area contributed by atoms with Crippen LogP contribution in [-0.4, -0.2) is 26.6 Å². The van der Waals surface area contributed by atoms with Gasteiger partial charge in [-0.15, -0.1) is 0 Å². The minimum Gasteiger partial charge on any atom is -0.493 e. The van der Waals surface area contributed by atoms with Crippen molar-refractivity contribution in [2.75, 3.05) is 20.3 Å². The maximum Gasteiger partial charge on any atom is 0.162 e. The first kappa shape index (κ1) is 15.4. The summed E-state index contributed by atoms with van der Waals surface area (Å²) in [5, 5.41) is 0. The molecule has 5 heteroatoms. The Bertz CT molecular complexity index is 613. The lowest BCUT2D eigenvalue weighted by Crippen LogP contribution is -2.09. The summed E-state index contributed by atoms with van der Waals surface area (Å²) in [5.41, 5.74) is 0.540. The fourth-order valence-corrected chi connectivity index (χ4v) is 2.13. The van der Waals surface area contributed by atoms with Crippen molar-refractivity contribution in [2.24, 2.45) is 0 Å². The number of hydrogen-bond acceptors (Lipinski definition) is 4. The molecule has 0 heterocycles. The number of rotatable bonds is 7. The molecular formula is C16H15BrO4. The molecule has 2 rings (SSSR count). The van der Waals surface area contributed by atoms with Gasteiger partial charge >= 0.3 is 0 Å². The molecule has 0 aromatic heterocycles. The van der Waals surface area contributed by atoms with E-state index >= 15 is 0 Å². The van der Waals surface area contributed by atoms with Gasteiger partial charge in [-0.25, -0.2) is 0 Å². The normalized spacial score (nSPS) is 10.0. The number of methoxy groups -OCH3 is 1. The number of aldehydes is 1. The Labute approximate surface area is 131 Å². The van der Waals surface area contributed by atoms with Gasteiger partial charge in [0.15, 0.2) is 11.5 Å². The Hall–Kier alpha value is -2.01. The highest BCUT2D eigenvalue weighted by Crippen LogP contribution is 2.27. The van der Waals surface area contributed by atoms with Crippen molar-refractivity contribution in [1.82, 2.24) is 0 Å². The number of carbonyl (C=O) groups excluding carboxylic acids is 1. The summed E-state index contributed by atoms with van der Waals surface area (Å²) in [6, 6.07) is 12.6. The van der Waals surface area contributed by atoms with Crippen LogP contribution in [0.15, 0.2) is 46.9 Å². The predicted octanol–water partition coefficient (Wildman–Crippen LogP) is 3.73. The molecule has 0 saturated heterocycles. The fraction of sp³-hybridized carbons (Fsp3) is 0.188. The third kappa shape index (κ3) is 4.49. The van der Waals surface area contributed by atoms with Crippen LogP contribution < -0.4 is 14.2 Å². The molecule has 0 aliphatic carbocycles. The van der Waals surface area contributed by atoms with E-state index in [0.29, 0.717) is 30.3 Å². The molecule has 0 atom stereocenters. The van der Waals surface area contributed by atoms with Crippen LogP contribution in [0.5, 0.6) is 17.2 Å². The van der Waals surface area contributed by atoms with Crippen molar-refractivity contribution in [3.63, 3.8) is 0 Å². The zero-order valence-corrected chi connectivity index (χ0v) is 13.1. The van der Waals surface area contributed by atoms with Crippen molar-refractivity contribution in [3.8, 4) is 17.2 Å². The standard InChI is InChI=1S/C16H15BrO4/c1-19-15-6-5-12(11-18)9-16(15)21-8-7-20-14-4-2-3-13(17)10-14/h2-6,9-11H,7-8H2,1H3. The number of halogens is 1. The van der Waals surface area contributed by atoms with E-state index in [9.17, 15) is 4.79 Å². The lowest BCUT2D eigenvalue weighted by Gasteiger charge is -2.12. The van der Waals surface area contributed by atoms with E-state index in [2.05, 4.69) is 15.9 Å². The van der Waals surface area contributed by atoms with Crippen LogP contribution in [0.1, 0.15) is 10.4 Å². The Morgan fingerprint density at radius 1 is 1.05 bits per heavy atom. The van der Waals surface area contributed by atoms with Gasteiger partial charge < -0.3 is 14.2 Å². The van der Waals surface area contributed by atoms with Crippen molar-refractivity contribution in [3.05, 3.63) is 52.5 Å². The molecule has 0 N–H and O–H groups in total. The maximum absolute atomic E-state index is 10.8. The molecule has 0 aliphatic heterocycles. The SMILES string of the molecule is COc1ccc(C=O)cc1OCCOc1cccc(Br)c1. The van der Waals surface area contributed by atoms with Crippen LogP contribution in [-0.2, 0) is 0 Å². The molecule has 21 heavy (non-hydrogen) atoms. The molecule has 0 radical (unpaired) electrons. The van der Waals surface area contributed by atoms with Gasteiger partial charge in [-0.05, 0) is 36.4 Å².